The number of halogens is 3. The number of aliphatic hydroxyl groups is 1. The largest absolute Gasteiger partial charge is 0.493 e. The predicted molar refractivity (Wildman–Crippen MR) is 137 cm³/mol. The van der Waals surface area contributed by atoms with Crippen LogP contribution in [0.25, 0.3) is 32.8 Å². The Balaban J connectivity index is 0.000000586. The second-order valence-electron chi connectivity index (χ2n) is 10.1. The van der Waals surface area contributed by atoms with E-state index in [0.717, 1.165) is 17.0 Å². The van der Waals surface area contributed by atoms with E-state index >= 15 is 4.39 Å². The van der Waals surface area contributed by atoms with Crippen molar-refractivity contribution in [2.75, 3.05) is 6.61 Å². The third kappa shape index (κ3) is 5.39. The maximum atomic E-state index is 15.1. The van der Waals surface area contributed by atoms with Crippen molar-refractivity contribution in [3.63, 3.8) is 0 Å². The number of carboxylic acid groups (broad SMARTS) is 1. The molecule has 0 saturated heterocycles. The van der Waals surface area contributed by atoms with E-state index in [1.54, 1.807) is 46.0 Å². The number of pyridine rings is 1. The Morgan fingerprint density at radius 2 is 1.84 bits per heavy atom. The highest BCUT2D eigenvalue weighted by Crippen LogP contribution is 2.43. The normalized spacial score (nSPS) is 12.9. The number of aromatic nitrogens is 1. The van der Waals surface area contributed by atoms with E-state index in [1.807, 2.05) is 6.07 Å². The van der Waals surface area contributed by atoms with Crippen molar-refractivity contribution in [1.29, 1.82) is 0 Å². The third-order valence-corrected chi connectivity index (χ3v) is 6.02. The number of hydrogen-bond donors (Lipinski definition) is 2. The van der Waals surface area contributed by atoms with E-state index in [2.05, 4.69) is 4.98 Å². The molecule has 0 aliphatic carbocycles. The first-order chi connectivity index (χ1) is 17.4. The molecule has 1 aliphatic heterocycles. The number of rotatable bonds is 4. The maximum absolute atomic E-state index is 15.1. The summed E-state index contributed by atoms with van der Waals surface area (Å²) in [4.78, 5) is 16.2. The molecule has 2 heterocycles. The molecule has 37 heavy (non-hydrogen) atoms. The molecule has 0 spiro atoms. The van der Waals surface area contributed by atoms with Crippen LogP contribution in [0.3, 0.4) is 0 Å². The average molecular weight is 512 g/mol. The first kappa shape index (κ1) is 26.4. The molecule has 0 saturated carbocycles. The minimum absolute atomic E-state index is 0.0289. The van der Waals surface area contributed by atoms with Crippen molar-refractivity contribution in [2.24, 2.45) is 0 Å². The molecule has 2 N–H and O–H groups in total. The van der Waals surface area contributed by atoms with Crippen LogP contribution >= 0.6 is 0 Å². The predicted octanol–water partition coefficient (Wildman–Crippen LogP) is 6.78. The molecule has 1 aromatic heterocycles. The summed E-state index contributed by atoms with van der Waals surface area (Å²) in [6.45, 7) is 7.44. The smallest absolute Gasteiger partial charge is 0.307 e. The second-order valence-corrected chi connectivity index (χ2v) is 10.1. The maximum Gasteiger partial charge on any atom is 0.307 e. The molecule has 0 unspecified atom stereocenters. The number of carbonyl (C=O) groups is 1. The summed E-state index contributed by atoms with van der Waals surface area (Å²) in [5, 5.41) is 19.3. The molecule has 5 nitrogen and oxygen atoms in total. The van der Waals surface area contributed by atoms with Gasteiger partial charge in [0.2, 0.25) is 0 Å². The van der Waals surface area contributed by atoms with Crippen molar-refractivity contribution in [2.45, 2.75) is 52.6 Å². The first-order valence-corrected chi connectivity index (χ1v) is 11.9. The molecule has 8 heteroatoms. The van der Waals surface area contributed by atoms with Crippen LogP contribution in [0.4, 0.5) is 13.2 Å². The summed E-state index contributed by atoms with van der Waals surface area (Å²) in [5.41, 5.74) is 2.59. The highest BCUT2D eigenvalue weighted by atomic mass is 19.3. The van der Waals surface area contributed by atoms with Crippen molar-refractivity contribution in [3.8, 4) is 16.9 Å². The summed E-state index contributed by atoms with van der Waals surface area (Å²) < 4.78 is 47.5. The van der Waals surface area contributed by atoms with Crippen LogP contribution < -0.4 is 4.74 Å². The van der Waals surface area contributed by atoms with Gasteiger partial charge in [0.1, 0.15) is 11.6 Å². The zero-order valence-electron chi connectivity index (χ0n) is 21.0. The number of aryl methyl sites for hydroxylation is 1. The van der Waals surface area contributed by atoms with Gasteiger partial charge in [0.05, 0.1) is 29.7 Å². The Hall–Kier alpha value is -3.65. The molecule has 4 aromatic rings. The fourth-order valence-electron chi connectivity index (χ4n) is 4.59. The lowest BCUT2D eigenvalue weighted by Crippen LogP contribution is -2.10. The first-order valence-electron chi connectivity index (χ1n) is 11.9. The lowest BCUT2D eigenvalue weighted by Gasteiger charge is -2.22. The van der Waals surface area contributed by atoms with E-state index < -0.39 is 29.4 Å². The van der Waals surface area contributed by atoms with Crippen molar-refractivity contribution in [1.82, 2.24) is 4.98 Å². The van der Waals surface area contributed by atoms with Gasteiger partial charge in [0.15, 0.2) is 0 Å². The summed E-state index contributed by atoms with van der Waals surface area (Å²) in [6.07, 6.45) is -0.866. The van der Waals surface area contributed by atoms with E-state index in [0.29, 0.717) is 51.9 Å². The second kappa shape index (κ2) is 10.0. The van der Waals surface area contributed by atoms with Crippen molar-refractivity contribution < 1.29 is 32.9 Å². The molecule has 1 aliphatic rings. The van der Waals surface area contributed by atoms with Crippen LogP contribution in [-0.4, -0.2) is 33.4 Å². The van der Waals surface area contributed by atoms with Gasteiger partial charge >= 0.3 is 5.97 Å². The van der Waals surface area contributed by atoms with Gasteiger partial charge in [0, 0.05) is 29.0 Å². The van der Waals surface area contributed by atoms with Crippen molar-refractivity contribution in [3.05, 3.63) is 70.7 Å². The van der Waals surface area contributed by atoms with Gasteiger partial charge in [-0.2, -0.15) is 0 Å². The standard InChI is InChI=1S/C25H18F3NO3.C4H10O/c1-12-10-18-14(2-3-16(23(18)26)25(27)28)22(17(12)11-20(30)31)15-4-5-19-21-13(7-9-32-19)6-8-29-24(15)21;1-4(2,3)5/h2-6,8,10,25H,7,9,11H2,1H3,(H,30,31);5H,1-3H3. The van der Waals surface area contributed by atoms with Crippen LogP contribution in [0, 0.1) is 12.7 Å². The van der Waals surface area contributed by atoms with E-state index in [-0.39, 0.29) is 11.8 Å². The van der Waals surface area contributed by atoms with Crippen molar-refractivity contribution >= 4 is 27.6 Å². The zero-order valence-corrected chi connectivity index (χ0v) is 21.0. The minimum atomic E-state index is -2.96. The lowest BCUT2D eigenvalue weighted by atomic mass is 9.86. The average Bonchev–Trinajstić information content (AvgIpc) is 2.80. The van der Waals surface area contributed by atoms with Crippen LogP contribution in [0.15, 0.2) is 42.6 Å². The highest BCUT2D eigenvalue weighted by Gasteiger charge is 2.24. The number of aliphatic carboxylic acids is 1. The summed E-state index contributed by atoms with van der Waals surface area (Å²) in [7, 11) is 0. The van der Waals surface area contributed by atoms with Gasteiger partial charge in [-0.25, -0.2) is 13.2 Å². The fraction of sp³-hybridized carbons (Fsp3) is 0.310. The van der Waals surface area contributed by atoms with Crippen LogP contribution in [0.5, 0.6) is 5.75 Å². The van der Waals surface area contributed by atoms with Gasteiger partial charge < -0.3 is 14.9 Å². The van der Waals surface area contributed by atoms with Gasteiger partial charge in [-0.3, -0.25) is 9.78 Å². The number of nitrogens with zero attached hydrogens (tertiary/aromatic N) is 1. The van der Waals surface area contributed by atoms with Gasteiger partial charge in [-0.15, -0.1) is 0 Å². The number of fused-ring (bicyclic) bond motifs is 1. The number of carboxylic acids is 1. The van der Waals surface area contributed by atoms with Crippen LogP contribution in [-0.2, 0) is 17.6 Å². The minimum Gasteiger partial charge on any atom is -0.493 e. The molecule has 0 bridgehead atoms. The van der Waals surface area contributed by atoms with E-state index in [4.69, 9.17) is 9.84 Å². The Morgan fingerprint density at radius 1 is 1.14 bits per heavy atom. The molecule has 3 aromatic carbocycles. The molecule has 0 amide bonds. The SMILES string of the molecule is CC(C)(C)O.Cc1cc2c(F)c(C(F)F)ccc2c(-c2ccc3c4c(ccnc24)CCO3)c1CC(=O)O. The molecule has 0 atom stereocenters. The lowest BCUT2D eigenvalue weighted by molar-refractivity contribution is -0.136. The van der Waals surface area contributed by atoms with E-state index in [1.165, 1.54) is 12.1 Å². The third-order valence-electron chi connectivity index (χ3n) is 6.02. The summed E-state index contributed by atoms with van der Waals surface area (Å²) in [6, 6.07) is 9.43. The number of hydrogen-bond acceptors (Lipinski definition) is 4. The Bertz CT molecular complexity index is 1490. The zero-order chi connectivity index (χ0) is 27.1. The number of benzene rings is 3. The molecular formula is C29H28F3NO4. The quantitative estimate of drug-likeness (QED) is 0.316. The van der Waals surface area contributed by atoms with Gasteiger partial charge in [-0.05, 0) is 85.7 Å². The van der Waals surface area contributed by atoms with E-state index in [9.17, 15) is 18.7 Å². The Kier molecular flexibility index (Phi) is 7.15. The molecule has 194 valence electrons. The highest BCUT2D eigenvalue weighted by molar-refractivity contribution is 6.08. The van der Waals surface area contributed by atoms with Crippen LogP contribution in [0.1, 0.15) is 49.5 Å². The molecular weight excluding hydrogens is 483 g/mol. The topological polar surface area (TPSA) is 79.7 Å². The Morgan fingerprint density at radius 3 is 2.49 bits per heavy atom. The molecule has 0 fully saturated rings. The fourth-order valence-corrected chi connectivity index (χ4v) is 4.59. The van der Waals surface area contributed by atoms with Gasteiger partial charge in [0.25, 0.3) is 6.43 Å². The number of ether oxygens (including phenoxy) is 1. The summed E-state index contributed by atoms with van der Waals surface area (Å²) in [5.74, 6) is -1.36. The molecule has 0 radical (unpaired) electrons. The monoisotopic (exact) mass is 511 g/mol. The summed E-state index contributed by atoms with van der Waals surface area (Å²) >= 11 is 0. The Labute approximate surface area is 212 Å². The molecule has 5 rings (SSSR count). The number of alkyl halides is 2. The van der Waals surface area contributed by atoms with Gasteiger partial charge in [-0.1, -0.05) is 6.07 Å². The van der Waals surface area contributed by atoms with Crippen LogP contribution in [0.2, 0.25) is 0 Å².